The number of nitrogens with one attached hydrogen (secondary N) is 1. The molecule has 1 N–H and O–H groups in total. The molecular weight excluding hydrogens is 222 g/mol. The minimum Gasteiger partial charge on any atom is -0.466 e. The summed E-state index contributed by atoms with van der Waals surface area (Å²) in [5.74, 6) is -0.804. The molecule has 6 heteroatoms. The summed E-state index contributed by atoms with van der Waals surface area (Å²) in [5.41, 5.74) is 0.981. The second kappa shape index (κ2) is 6.37. The molecule has 1 aromatic rings. The van der Waals surface area contributed by atoms with Crippen LogP contribution >= 0.6 is 0 Å². The Hall–Kier alpha value is -2.24. The van der Waals surface area contributed by atoms with E-state index in [9.17, 15) is 9.59 Å². The first kappa shape index (κ1) is 12.8. The van der Waals surface area contributed by atoms with E-state index >= 15 is 0 Å². The van der Waals surface area contributed by atoms with Gasteiger partial charge >= 0.3 is 5.97 Å². The van der Waals surface area contributed by atoms with Crippen molar-refractivity contribution in [3.8, 4) is 0 Å². The maximum atomic E-state index is 11.5. The fourth-order valence-electron chi connectivity index (χ4n) is 0.985. The van der Waals surface area contributed by atoms with Crippen molar-refractivity contribution in [1.29, 1.82) is 0 Å². The molecule has 0 bridgehead atoms. The van der Waals surface area contributed by atoms with Gasteiger partial charge in [0.1, 0.15) is 0 Å². The van der Waals surface area contributed by atoms with Crippen molar-refractivity contribution in [2.24, 2.45) is 0 Å². The molecular formula is C11H13N3O3. The van der Waals surface area contributed by atoms with Crippen LogP contribution in [0, 0.1) is 6.92 Å². The van der Waals surface area contributed by atoms with Gasteiger partial charge in [-0.15, -0.1) is 5.10 Å². The van der Waals surface area contributed by atoms with E-state index in [0.717, 1.165) is 5.69 Å². The number of aryl methyl sites for hydroxylation is 1. The van der Waals surface area contributed by atoms with Gasteiger partial charge in [-0.05, 0) is 19.1 Å². The molecule has 1 rings (SSSR count). The lowest BCUT2D eigenvalue weighted by Crippen LogP contribution is -2.24. The third-order valence-electron chi connectivity index (χ3n) is 1.87. The van der Waals surface area contributed by atoms with Crippen molar-refractivity contribution >= 4 is 11.9 Å². The normalized spacial score (nSPS) is 10.2. The third kappa shape index (κ3) is 4.42. The predicted molar refractivity (Wildman–Crippen MR) is 60.3 cm³/mol. The number of carbonyl (C=O) groups is 2. The highest BCUT2D eigenvalue weighted by molar-refractivity contribution is 5.92. The van der Waals surface area contributed by atoms with Gasteiger partial charge in [-0.25, -0.2) is 4.79 Å². The van der Waals surface area contributed by atoms with Crippen molar-refractivity contribution in [2.75, 3.05) is 13.7 Å². The number of esters is 1. The van der Waals surface area contributed by atoms with Crippen LogP contribution in [0.15, 0.2) is 24.3 Å². The lowest BCUT2D eigenvalue weighted by Gasteiger charge is -2.00. The molecule has 1 amide bonds. The Morgan fingerprint density at radius 2 is 2.18 bits per heavy atom. The van der Waals surface area contributed by atoms with E-state index in [1.807, 2.05) is 0 Å². The van der Waals surface area contributed by atoms with Crippen molar-refractivity contribution in [3.63, 3.8) is 0 Å². The molecule has 0 saturated carbocycles. The van der Waals surface area contributed by atoms with Gasteiger partial charge < -0.3 is 10.1 Å². The summed E-state index contributed by atoms with van der Waals surface area (Å²) >= 11 is 0. The summed E-state index contributed by atoms with van der Waals surface area (Å²) in [6, 6.07) is 3.29. The van der Waals surface area contributed by atoms with Crippen LogP contribution in [0.1, 0.15) is 16.2 Å². The molecule has 0 saturated heterocycles. The Bertz CT molecular complexity index is 426. The van der Waals surface area contributed by atoms with Gasteiger partial charge in [-0.2, -0.15) is 5.10 Å². The van der Waals surface area contributed by atoms with Gasteiger partial charge in [0, 0.05) is 12.6 Å². The van der Waals surface area contributed by atoms with Crippen LogP contribution in [-0.2, 0) is 9.53 Å². The Morgan fingerprint density at radius 3 is 2.76 bits per heavy atom. The highest BCUT2D eigenvalue weighted by Crippen LogP contribution is 1.94. The topological polar surface area (TPSA) is 81.2 Å². The number of methoxy groups -OCH3 is 1. The number of nitrogens with zero attached hydrogens (tertiary/aromatic N) is 2. The SMILES string of the molecule is COC(=O)/C=C/CNC(=O)c1ccc(C)nn1. The smallest absolute Gasteiger partial charge is 0.330 e. The largest absolute Gasteiger partial charge is 0.466 e. The maximum absolute atomic E-state index is 11.5. The standard InChI is InChI=1S/C11H13N3O3/c1-8-5-6-9(14-13-8)11(16)12-7-3-4-10(15)17-2/h3-6H,7H2,1-2H3,(H,12,16)/b4-3+. The van der Waals surface area contributed by atoms with E-state index in [-0.39, 0.29) is 18.1 Å². The molecule has 90 valence electrons. The second-order valence-corrected chi connectivity index (χ2v) is 3.20. The van der Waals surface area contributed by atoms with E-state index in [1.54, 1.807) is 19.1 Å². The summed E-state index contributed by atoms with van der Waals surface area (Å²) in [5, 5.41) is 10.1. The molecule has 1 aromatic heterocycles. The first-order valence-corrected chi connectivity index (χ1v) is 4.96. The minimum absolute atomic E-state index is 0.226. The zero-order valence-electron chi connectivity index (χ0n) is 9.64. The molecule has 0 aliphatic heterocycles. The zero-order valence-corrected chi connectivity index (χ0v) is 9.64. The molecule has 0 radical (unpaired) electrons. The quantitative estimate of drug-likeness (QED) is 0.597. The first-order valence-electron chi connectivity index (χ1n) is 4.96. The Labute approximate surface area is 98.7 Å². The molecule has 0 aliphatic carbocycles. The molecule has 0 aliphatic rings. The van der Waals surface area contributed by atoms with Crippen LogP contribution in [0.3, 0.4) is 0 Å². The highest BCUT2D eigenvalue weighted by Gasteiger charge is 2.05. The number of amides is 1. The monoisotopic (exact) mass is 235 g/mol. The zero-order chi connectivity index (χ0) is 12.7. The minimum atomic E-state index is -0.464. The second-order valence-electron chi connectivity index (χ2n) is 3.20. The lowest BCUT2D eigenvalue weighted by molar-refractivity contribution is -0.134. The number of rotatable bonds is 4. The number of ether oxygens (including phenoxy) is 1. The molecule has 1 heterocycles. The van der Waals surface area contributed by atoms with Gasteiger partial charge in [-0.1, -0.05) is 6.08 Å². The molecule has 17 heavy (non-hydrogen) atoms. The van der Waals surface area contributed by atoms with Crippen LogP contribution in [-0.4, -0.2) is 35.7 Å². The fourth-order valence-corrected chi connectivity index (χ4v) is 0.985. The van der Waals surface area contributed by atoms with E-state index < -0.39 is 5.97 Å². The Kier molecular flexibility index (Phi) is 4.80. The molecule has 0 unspecified atom stereocenters. The number of carbonyl (C=O) groups excluding carboxylic acids is 2. The van der Waals surface area contributed by atoms with Gasteiger partial charge in [0.25, 0.3) is 5.91 Å². The Morgan fingerprint density at radius 1 is 1.41 bits per heavy atom. The first-order chi connectivity index (χ1) is 8.13. The fraction of sp³-hybridized carbons (Fsp3) is 0.273. The Balaban J connectivity index is 2.42. The van der Waals surface area contributed by atoms with Crippen LogP contribution in [0.25, 0.3) is 0 Å². The maximum Gasteiger partial charge on any atom is 0.330 e. The van der Waals surface area contributed by atoms with Crippen molar-refractivity contribution < 1.29 is 14.3 Å². The van der Waals surface area contributed by atoms with E-state index in [4.69, 9.17) is 0 Å². The average molecular weight is 235 g/mol. The van der Waals surface area contributed by atoms with Crippen LogP contribution in [0.5, 0.6) is 0 Å². The molecule has 6 nitrogen and oxygen atoms in total. The van der Waals surface area contributed by atoms with E-state index in [0.29, 0.717) is 0 Å². The van der Waals surface area contributed by atoms with E-state index in [1.165, 1.54) is 19.3 Å². The van der Waals surface area contributed by atoms with Crippen LogP contribution < -0.4 is 5.32 Å². The van der Waals surface area contributed by atoms with Crippen molar-refractivity contribution in [2.45, 2.75) is 6.92 Å². The van der Waals surface area contributed by atoms with Gasteiger partial charge in [0.2, 0.25) is 0 Å². The lowest BCUT2D eigenvalue weighted by atomic mass is 10.3. The molecule has 0 spiro atoms. The van der Waals surface area contributed by atoms with E-state index in [2.05, 4.69) is 20.3 Å². The highest BCUT2D eigenvalue weighted by atomic mass is 16.5. The average Bonchev–Trinajstić information content (AvgIpc) is 2.34. The van der Waals surface area contributed by atoms with Gasteiger partial charge in [0.05, 0.1) is 12.8 Å². The van der Waals surface area contributed by atoms with Gasteiger partial charge in [0.15, 0.2) is 5.69 Å². The number of hydrogen-bond donors (Lipinski definition) is 1. The van der Waals surface area contributed by atoms with Crippen molar-refractivity contribution in [3.05, 3.63) is 35.7 Å². The molecule has 0 fully saturated rings. The number of aromatic nitrogens is 2. The van der Waals surface area contributed by atoms with Crippen molar-refractivity contribution in [1.82, 2.24) is 15.5 Å². The molecule has 0 aromatic carbocycles. The van der Waals surface area contributed by atoms with Crippen LogP contribution in [0.4, 0.5) is 0 Å². The molecule has 0 atom stereocenters. The number of hydrogen-bond acceptors (Lipinski definition) is 5. The summed E-state index contributed by atoms with van der Waals surface area (Å²) < 4.78 is 4.39. The summed E-state index contributed by atoms with van der Waals surface area (Å²) in [7, 11) is 1.28. The predicted octanol–water partition coefficient (Wildman–Crippen LogP) is 0.244. The third-order valence-corrected chi connectivity index (χ3v) is 1.87. The summed E-state index contributed by atoms with van der Waals surface area (Å²) in [4.78, 5) is 22.2. The van der Waals surface area contributed by atoms with Gasteiger partial charge in [-0.3, -0.25) is 4.79 Å². The summed E-state index contributed by atoms with van der Waals surface area (Å²) in [6.07, 6.45) is 2.73. The summed E-state index contributed by atoms with van der Waals surface area (Å²) in [6.45, 7) is 2.01. The van der Waals surface area contributed by atoms with Crippen LogP contribution in [0.2, 0.25) is 0 Å².